The molecule has 0 spiro atoms. The Balaban J connectivity index is 2.77. The Morgan fingerprint density at radius 3 is 2.25 bits per heavy atom. The van der Waals surface area contributed by atoms with Gasteiger partial charge >= 0.3 is 0 Å². The van der Waals surface area contributed by atoms with Crippen molar-refractivity contribution in [1.29, 1.82) is 0 Å². The van der Waals surface area contributed by atoms with Crippen LogP contribution in [0.1, 0.15) is 13.8 Å². The van der Waals surface area contributed by atoms with Crippen molar-refractivity contribution < 1.29 is 24.9 Å². The molecule has 0 aromatic rings. The molecule has 0 aliphatic carbocycles. The Labute approximate surface area is 93.2 Å². The summed E-state index contributed by atoms with van der Waals surface area (Å²) in [6, 6.07) is -0.0179. The molecular formula is C9H18N2O5. The Morgan fingerprint density at radius 1 is 1.25 bits per heavy atom. The van der Waals surface area contributed by atoms with Crippen LogP contribution in [0.2, 0.25) is 0 Å². The molecule has 1 heterocycles. The summed E-state index contributed by atoms with van der Waals surface area (Å²) < 4.78 is 5.11. The molecule has 94 valence electrons. The maximum atomic E-state index is 11.0. The molecule has 0 aromatic carbocycles. The minimum atomic E-state index is -1.52. The summed E-state index contributed by atoms with van der Waals surface area (Å²) in [7, 11) is 0. The van der Waals surface area contributed by atoms with Crippen molar-refractivity contribution in [3.8, 4) is 0 Å². The zero-order valence-electron chi connectivity index (χ0n) is 9.20. The highest BCUT2D eigenvalue weighted by atomic mass is 16.6. The molecule has 7 nitrogen and oxygen atoms in total. The number of rotatable bonds is 3. The third-order valence-corrected chi connectivity index (χ3v) is 2.39. The topological polar surface area (TPSA) is 125 Å². The molecule has 1 fully saturated rings. The van der Waals surface area contributed by atoms with Gasteiger partial charge in [-0.2, -0.15) is 0 Å². The second-order valence-electron chi connectivity index (χ2n) is 4.17. The summed E-state index contributed by atoms with van der Waals surface area (Å²) in [5.41, 5.74) is 5.01. The number of carbonyl (C=O) groups is 1. The number of ether oxygens (including phenoxy) is 1. The van der Waals surface area contributed by atoms with Crippen LogP contribution in [-0.2, 0) is 9.53 Å². The van der Waals surface area contributed by atoms with Crippen LogP contribution in [0.15, 0.2) is 0 Å². The minimum absolute atomic E-state index is 0.0179. The van der Waals surface area contributed by atoms with E-state index >= 15 is 0 Å². The van der Waals surface area contributed by atoms with Gasteiger partial charge in [-0.3, -0.25) is 10.1 Å². The lowest BCUT2D eigenvalue weighted by Crippen LogP contribution is -2.65. The quantitative estimate of drug-likeness (QED) is 0.361. The molecule has 1 aliphatic heterocycles. The lowest BCUT2D eigenvalue weighted by molar-refractivity contribution is -0.227. The molecule has 1 saturated heterocycles. The monoisotopic (exact) mass is 234 g/mol. The molecule has 2 unspecified atom stereocenters. The van der Waals surface area contributed by atoms with Gasteiger partial charge in [0.1, 0.15) is 24.5 Å². The molecule has 0 radical (unpaired) electrons. The van der Waals surface area contributed by atoms with Crippen molar-refractivity contribution in [1.82, 2.24) is 5.32 Å². The first-order valence-electron chi connectivity index (χ1n) is 5.09. The van der Waals surface area contributed by atoms with E-state index in [4.69, 9.17) is 10.5 Å². The fraction of sp³-hybridized carbons (Fsp3) is 0.889. The molecule has 0 aromatic heterocycles. The first-order chi connectivity index (χ1) is 7.34. The van der Waals surface area contributed by atoms with Crippen molar-refractivity contribution in [3.63, 3.8) is 0 Å². The largest absolute Gasteiger partial charge is 0.387 e. The van der Waals surface area contributed by atoms with Crippen LogP contribution in [0.3, 0.4) is 0 Å². The van der Waals surface area contributed by atoms with Gasteiger partial charge in [-0.15, -0.1) is 0 Å². The summed E-state index contributed by atoms with van der Waals surface area (Å²) in [5, 5.41) is 31.4. The molecule has 7 heteroatoms. The standard InChI is InChI=1S/C9H18N2O5/c1-3(2)11-9-6(14)4(12)5(13)7(16-9)8(10)15/h3-7,9,11-14H,1-2H3,(H2,10,15)/t4?,5-,6-,7?,9+/m1/s1. The molecule has 1 rings (SSSR count). The Morgan fingerprint density at radius 2 is 1.81 bits per heavy atom. The Kier molecular flexibility index (Phi) is 4.22. The van der Waals surface area contributed by atoms with Gasteiger partial charge in [0.2, 0.25) is 5.91 Å². The fourth-order valence-electron chi connectivity index (χ4n) is 1.58. The first-order valence-corrected chi connectivity index (χ1v) is 5.09. The van der Waals surface area contributed by atoms with Crippen LogP contribution >= 0.6 is 0 Å². The Hall–Kier alpha value is -0.730. The fourth-order valence-corrected chi connectivity index (χ4v) is 1.58. The molecule has 0 bridgehead atoms. The minimum Gasteiger partial charge on any atom is -0.387 e. The molecule has 1 aliphatic rings. The SMILES string of the molecule is CC(C)N[C@H]1OC(C(N)=O)[C@H](O)C(O)[C@H]1O. The van der Waals surface area contributed by atoms with Crippen molar-refractivity contribution in [2.75, 3.05) is 0 Å². The van der Waals surface area contributed by atoms with Gasteiger partial charge in [0.05, 0.1) is 0 Å². The van der Waals surface area contributed by atoms with Crippen LogP contribution in [0.4, 0.5) is 0 Å². The van der Waals surface area contributed by atoms with Crippen molar-refractivity contribution in [2.24, 2.45) is 5.73 Å². The highest BCUT2D eigenvalue weighted by Crippen LogP contribution is 2.20. The van der Waals surface area contributed by atoms with Gasteiger partial charge in [0.25, 0.3) is 0 Å². The van der Waals surface area contributed by atoms with Crippen LogP contribution in [0.25, 0.3) is 0 Å². The zero-order valence-corrected chi connectivity index (χ0v) is 9.20. The van der Waals surface area contributed by atoms with E-state index < -0.39 is 36.6 Å². The van der Waals surface area contributed by atoms with Crippen molar-refractivity contribution in [3.05, 3.63) is 0 Å². The third-order valence-electron chi connectivity index (χ3n) is 2.39. The van der Waals surface area contributed by atoms with Gasteiger partial charge in [0, 0.05) is 6.04 Å². The van der Waals surface area contributed by atoms with Crippen LogP contribution in [0, 0.1) is 0 Å². The van der Waals surface area contributed by atoms with Gasteiger partial charge in [0.15, 0.2) is 6.10 Å². The van der Waals surface area contributed by atoms with Crippen LogP contribution < -0.4 is 11.1 Å². The molecule has 6 N–H and O–H groups in total. The van der Waals surface area contributed by atoms with E-state index in [0.717, 1.165) is 0 Å². The van der Waals surface area contributed by atoms with E-state index in [0.29, 0.717) is 0 Å². The smallest absolute Gasteiger partial charge is 0.249 e. The normalized spacial score (nSPS) is 40.0. The van der Waals surface area contributed by atoms with Gasteiger partial charge in [-0.25, -0.2) is 0 Å². The summed E-state index contributed by atoms with van der Waals surface area (Å²) in [6.45, 7) is 3.62. The van der Waals surface area contributed by atoms with Gasteiger partial charge in [-0.05, 0) is 13.8 Å². The highest BCUT2D eigenvalue weighted by molar-refractivity contribution is 5.79. The van der Waals surface area contributed by atoms with Gasteiger partial charge < -0.3 is 25.8 Å². The number of primary amides is 1. The van der Waals surface area contributed by atoms with Crippen molar-refractivity contribution >= 4 is 5.91 Å². The number of aliphatic hydroxyl groups is 3. The zero-order chi connectivity index (χ0) is 12.5. The second kappa shape index (κ2) is 5.07. The first kappa shape index (κ1) is 13.3. The molecule has 1 amide bonds. The summed E-state index contributed by atoms with van der Waals surface area (Å²) in [6.07, 6.45) is -6.56. The van der Waals surface area contributed by atoms with E-state index in [1.54, 1.807) is 0 Å². The number of hydrogen-bond donors (Lipinski definition) is 5. The second-order valence-corrected chi connectivity index (χ2v) is 4.17. The molecular weight excluding hydrogens is 216 g/mol. The van der Waals surface area contributed by atoms with E-state index in [1.807, 2.05) is 13.8 Å². The predicted molar refractivity (Wildman–Crippen MR) is 54.1 cm³/mol. The van der Waals surface area contributed by atoms with Crippen LogP contribution in [-0.4, -0.2) is 57.9 Å². The number of nitrogens with one attached hydrogen (secondary N) is 1. The highest BCUT2D eigenvalue weighted by Gasteiger charge is 2.45. The maximum absolute atomic E-state index is 11.0. The van der Waals surface area contributed by atoms with E-state index in [2.05, 4.69) is 5.32 Å². The number of hydrogen-bond acceptors (Lipinski definition) is 6. The summed E-state index contributed by atoms with van der Waals surface area (Å²) in [5.74, 6) is -0.881. The van der Waals surface area contributed by atoms with Crippen LogP contribution in [0.5, 0.6) is 0 Å². The lowest BCUT2D eigenvalue weighted by atomic mass is 9.97. The average molecular weight is 234 g/mol. The summed E-state index contributed by atoms with van der Waals surface area (Å²) >= 11 is 0. The van der Waals surface area contributed by atoms with Gasteiger partial charge in [-0.1, -0.05) is 0 Å². The molecule has 16 heavy (non-hydrogen) atoms. The average Bonchev–Trinajstić information content (AvgIpc) is 2.18. The summed E-state index contributed by atoms with van der Waals surface area (Å²) in [4.78, 5) is 11.0. The van der Waals surface area contributed by atoms with E-state index in [-0.39, 0.29) is 6.04 Å². The third kappa shape index (κ3) is 2.69. The maximum Gasteiger partial charge on any atom is 0.249 e. The number of aliphatic hydroxyl groups excluding tert-OH is 3. The number of amides is 1. The predicted octanol–water partition coefficient (Wildman–Crippen LogP) is -2.72. The molecule has 0 saturated carbocycles. The molecule has 5 atom stereocenters. The Bertz CT molecular complexity index is 260. The van der Waals surface area contributed by atoms with E-state index in [9.17, 15) is 20.1 Å². The van der Waals surface area contributed by atoms with Crippen molar-refractivity contribution in [2.45, 2.75) is 50.5 Å². The lowest BCUT2D eigenvalue weighted by Gasteiger charge is -2.40. The number of carbonyl (C=O) groups excluding carboxylic acids is 1. The number of nitrogens with two attached hydrogens (primary N) is 1. The van der Waals surface area contributed by atoms with E-state index in [1.165, 1.54) is 0 Å².